The van der Waals surface area contributed by atoms with Gasteiger partial charge in [0.2, 0.25) is 0 Å². The lowest BCUT2D eigenvalue weighted by molar-refractivity contribution is 0.0982. The first-order chi connectivity index (χ1) is 7.74. The Morgan fingerprint density at radius 3 is 2.35 bits per heavy atom. The van der Waals surface area contributed by atoms with E-state index in [4.69, 9.17) is 0 Å². The number of Topliss-reactive ketones (excluding diaryl/α,β-unsaturated/α-hetero) is 1. The van der Waals surface area contributed by atoms with Crippen molar-refractivity contribution in [2.24, 2.45) is 0 Å². The average molecular weight is 319 g/mol. The first kappa shape index (κ1) is 14.4. The highest BCUT2D eigenvalue weighted by molar-refractivity contribution is 9.12. The highest BCUT2D eigenvalue weighted by Crippen LogP contribution is 2.31. The standard InChI is InChI=1S/C12H15BrO3S/c1-4-17(15,16)12(3,13)11(14)10-8-6-5-7-9(10)2/h5-8H,4H2,1-3H3/t12-/m0/s1. The lowest BCUT2D eigenvalue weighted by Crippen LogP contribution is -2.39. The second kappa shape index (κ2) is 4.90. The summed E-state index contributed by atoms with van der Waals surface area (Å²) < 4.78 is 22.2. The van der Waals surface area contributed by atoms with E-state index in [0.29, 0.717) is 5.56 Å². The summed E-state index contributed by atoms with van der Waals surface area (Å²) in [6, 6.07) is 6.96. The van der Waals surface area contributed by atoms with Crippen molar-refractivity contribution in [3.63, 3.8) is 0 Å². The van der Waals surface area contributed by atoms with Crippen LogP contribution in [0.5, 0.6) is 0 Å². The van der Waals surface area contributed by atoms with Crippen LogP contribution in [0.4, 0.5) is 0 Å². The minimum atomic E-state index is -3.49. The van der Waals surface area contributed by atoms with Crippen LogP contribution in [0.25, 0.3) is 0 Å². The van der Waals surface area contributed by atoms with Crippen LogP contribution in [-0.2, 0) is 9.84 Å². The van der Waals surface area contributed by atoms with Crippen LogP contribution >= 0.6 is 15.9 Å². The molecule has 1 aromatic carbocycles. The molecule has 0 radical (unpaired) electrons. The molecule has 0 aliphatic carbocycles. The van der Waals surface area contributed by atoms with E-state index in [0.717, 1.165) is 5.56 Å². The molecule has 94 valence electrons. The smallest absolute Gasteiger partial charge is 0.194 e. The maximum Gasteiger partial charge on any atom is 0.194 e. The van der Waals surface area contributed by atoms with E-state index in [2.05, 4.69) is 15.9 Å². The number of benzene rings is 1. The van der Waals surface area contributed by atoms with E-state index in [-0.39, 0.29) is 5.75 Å². The number of carbonyl (C=O) groups excluding carboxylic acids is 1. The average Bonchev–Trinajstić information content (AvgIpc) is 2.28. The van der Waals surface area contributed by atoms with Gasteiger partial charge in [-0.3, -0.25) is 4.79 Å². The quantitative estimate of drug-likeness (QED) is 0.633. The van der Waals surface area contributed by atoms with Crippen molar-refractivity contribution in [2.45, 2.75) is 24.4 Å². The van der Waals surface area contributed by atoms with Crippen molar-refractivity contribution in [1.82, 2.24) is 0 Å². The molecule has 1 rings (SSSR count). The molecule has 0 fully saturated rings. The molecule has 0 aliphatic heterocycles. The number of carbonyl (C=O) groups is 1. The van der Waals surface area contributed by atoms with Crippen LogP contribution < -0.4 is 0 Å². The van der Waals surface area contributed by atoms with E-state index in [1.807, 2.05) is 6.07 Å². The van der Waals surface area contributed by atoms with Crippen LogP contribution in [0, 0.1) is 6.92 Å². The van der Waals surface area contributed by atoms with Gasteiger partial charge in [0.1, 0.15) is 0 Å². The third-order valence-corrected chi connectivity index (χ3v) is 6.71. The molecule has 0 N–H and O–H groups in total. The fourth-order valence-corrected chi connectivity index (χ4v) is 3.32. The van der Waals surface area contributed by atoms with Crippen LogP contribution in [0.2, 0.25) is 0 Å². The third-order valence-electron chi connectivity index (χ3n) is 2.76. The normalized spacial score (nSPS) is 15.3. The number of ketones is 1. The van der Waals surface area contributed by atoms with E-state index in [1.165, 1.54) is 13.8 Å². The molecule has 17 heavy (non-hydrogen) atoms. The van der Waals surface area contributed by atoms with Crippen molar-refractivity contribution in [3.05, 3.63) is 35.4 Å². The molecular weight excluding hydrogens is 304 g/mol. The Balaban J connectivity index is 3.28. The molecule has 0 unspecified atom stereocenters. The van der Waals surface area contributed by atoms with Crippen molar-refractivity contribution in [2.75, 3.05) is 5.75 Å². The summed E-state index contributed by atoms with van der Waals surface area (Å²) in [5.74, 6) is -0.496. The van der Waals surface area contributed by atoms with Gasteiger partial charge in [-0.2, -0.15) is 0 Å². The molecule has 1 atom stereocenters. The summed E-state index contributed by atoms with van der Waals surface area (Å²) in [5.41, 5.74) is 1.21. The Morgan fingerprint density at radius 1 is 1.35 bits per heavy atom. The van der Waals surface area contributed by atoms with Crippen LogP contribution in [0.1, 0.15) is 29.8 Å². The largest absolute Gasteiger partial charge is 0.291 e. The summed E-state index contributed by atoms with van der Waals surface area (Å²) in [4.78, 5) is 12.3. The lowest BCUT2D eigenvalue weighted by atomic mass is 10.0. The number of alkyl halides is 1. The summed E-state index contributed by atoms with van der Waals surface area (Å²) in [6.45, 7) is 4.70. The van der Waals surface area contributed by atoms with Gasteiger partial charge in [-0.25, -0.2) is 8.42 Å². The SMILES string of the molecule is CCS(=O)(=O)[C@](C)(Br)C(=O)c1ccccc1C. The van der Waals surface area contributed by atoms with Gasteiger partial charge in [0, 0.05) is 11.3 Å². The lowest BCUT2D eigenvalue weighted by Gasteiger charge is -2.21. The van der Waals surface area contributed by atoms with Gasteiger partial charge in [0.05, 0.1) is 0 Å². The van der Waals surface area contributed by atoms with Crippen molar-refractivity contribution < 1.29 is 13.2 Å². The number of halogens is 1. The number of sulfone groups is 1. The predicted octanol–water partition coefficient (Wildman–Crippen LogP) is 2.72. The first-order valence-electron chi connectivity index (χ1n) is 5.25. The molecular formula is C12H15BrO3S. The highest BCUT2D eigenvalue weighted by atomic mass is 79.9. The van der Waals surface area contributed by atoms with Gasteiger partial charge in [-0.05, 0) is 19.4 Å². The Morgan fingerprint density at radius 2 is 1.88 bits per heavy atom. The molecule has 1 aromatic rings. The summed E-state index contributed by atoms with van der Waals surface area (Å²) >= 11 is 3.06. The van der Waals surface area contributed by atoms with Crippen molar-refractivity contribution >= 4 is 31.6 Å². The van der Waals surface area contributed by atoms with Crippen LogP contribution in [-0.4, -0.2) is 23.6 Å². The fraction of sp³-hybridized carbons (Fsp3) is 0.417. The molecule has 0 bridgehead atoms. The van der Waals surface area contributed by atoms with Crippen molar-refractivity contribution in [1.29, 1.82) is 0 Å². The van der Waals surface area contributed by atoms with Crippen molar-refractivity contribution in [3.8, 4) is 0 Å². The summed E-state index contributed by atoms with van der Waals surface area (Å²) in [5, 5.41) is 0. The molecule has 0 saturated heterocycles. The van der Waals surface area contributed by atoms with Gasteiger partial charge in [-0.15, -0.1) is 0 Å². The zero-order valence-corrected chi connectivity index (χ0v) is 12.4. The molecule has 0 aromatic heterocycles. The Kier molecular flexibility index (Phi) is 4.15. The third kappa shape index (κ3) is 2.60. The maximum absolute atomic E-state index is 12.3. The van der Waals surface area contributed by atoms with Gasteiger partial charge in [-0.1, -0.05) is 47.1 Å². The van der Waals surface area contributed by atoms with E-state index in [9.17, 15) is 13.2 Å². The second-order valence-corrected chi connectivity index (χ2v) is 8.70. The number of hydrogen-bond donors (Lipinski definition) is 0. The molecule has 3 nitrogen and oxygen atoms in total. The molecule has 0 amide bonds. The minimum Gasteiger partial charge on any atom is -0.291 e. The first-order valence-corrected chi connectivity index (χ1v) is 7.70. The fourth-order valence-electron chi connectivity index (χ4n) is 1.48. The summed E-state index contributed by atoms with van der Waals surface area (Å²) in [6.07, 6.45) is 0. The Hall–Kier alpha value is -0.680. The molecule has 0 heterocycles. The highest BCUT2D eigenvalue weighted by Gasteiger charge is 2.43. The Labute approximate surface area is 110 Å². The predicted molar refractivity (Wildman–Crippen MR) is 72.3 cm³/mol. The van der Waals surface area contributed by atoms with Gasteiger partial charge in [0.25, 0.3) is 0 Å². The zero-order chi connectivity index (χ0) is 13.3. The number of rotatable bonds is 4. The van der Waals surface area contributed by atoms with E-state index in [1.54, 1.807) is 25.1 Å². The van der Waals surface area contributed by atoms with Gasteiger partial charge >= 0.3 is 0 Å². The topological polar surface area (TPSA) is 51.2 Å². The molecule has 0 spiro atoms. The van der Waals surface area contributed by atoms with Crippen LogP contribution in [0.15, 0.2) is 24.3 Å². The summed E-state index contributed by atoms with van der Waals surface area (Å²) in [7, 11) is -3.49. The molecule has 0 aliphatic rings. The molecule has 5 heteroatoms. The zero-order valence-electron chi connectivity index (χ0n) is 10.0. The molecule has 0 saturated carbocycles. The monoisotopic (exact) mass is 318 g/mol. The van der Waals surface area contributed by atoms with Gasteiger partial charge < -0.3 is 0 Å². The van der Waals surface area contributed by atoms with Crippen LogP contribution in [0.3, 0.4) is 0 Å². The number of hydrogen-bond acceptors (Lipinski definition) is 3. The number of aryl methyl sites for hydroxylation is 1. The van der Waals surface area contributed by atoms with E-state index < -0.39 is 19.3 Å². The van der Waals surface area contributed by atoms with E-state index >= 15 is 0 Å². The van der Waals surface area contributed by atoms with Gasteiger partial charge in [0.15, 0.2) is 19.3 Å². The second-order valence-electron chi connectivity index (χ2n) is 3.96. The minimum absolute atomic E-state index is 0.0770. The Bertz CT molecular complexity index is 532. The maximum atomic E-state index is 12.3.